The second-order valence-electron chi connectivity index (χ2n) is 6.21. The first-order chi connectivity index (χ1) is 14.5. The molecule has 9 nitrogen and oxygen atoms in total. The van der Waals surface area contributed by atoms with Gasteiger partial charge in [-0.2, -0.15) is 15.0 Å². The normalized spacial score (nSPS) is 11.6. The third-order valence-corrected chi connectivity index (χ3v) is 4.23. The molecule has 2 rings (SSSR count). The van der Waals surface area contributed by atoms with Gasteiger partial charge in [-0.25, -0.2) is 4.79 Å². The second-order valence-corrected chi connectivity index (χ2v) is 6.54. The van der Waals surface area contributed by atoms with Crippen molar-refractivity contribution < 1.29 is 23.7 Å². The van der Waals surface area contributed by atoms with Gasteiger partial charge in [-0.3, -0.25) is 0 Å². The van der Waals surface area contributed by atoms with E-state index in [1.807, 2.05) is 38.2 Å². The first-order valence-corrected chi connectivity index (χ1v) is 10.0. The van der Waals surface area contributed by atoms with Crippen molar-refractivity contribution in [1.29, 1.82) is 0 Å². The van der Waals surface area contributed by atoms with Gasteiger partial charge in [-0.05, 0) is 43.1 Å². The van der Waals surface area contributed by atoms with Gasteiger partial charge in [-0.1, -0.05) is 12.1 Å². The van der Waals surface area contributed by atoms with Gasteiger partial charge >= 0.3 is 12.0 Å². The van der Waals surface area contributed by atoms with Crippen LogP contribution in [0.4, 0.5) is 5.95 Å². The molecule has 1 aromatic heterocycles. The summed E-state index contributed by atoms with van der Waals surface area (Å²) in [5.74, 6) is 0.756. The summed E-state index contributed by atoms with van der Waals surface area (Å²) in [6, 6.07) is 7.67. The summed E-state index contributed by atoms with van der Waals surface area (Å²) in [5.41, 5.74) is 0.956. The van der Waals surface area contributed by atoms with Crippen molar-refractivity contribution in [3.05, 3.63) is 35.1 Å². The van der Waals surface area contributed by atoms with Crippen molar-refractivity contribution >= 4 is 23.5 Å². The number of carbonyl (C=O) groups is 1. The Morgan fingerprint density at radius 1 is 1.13 bits per heavy atom. The van der Waals surface area contributed by atoms with Crippen molar-refractivity contribution in [2.75, 3.05) is 45.4 Å². The lowest BCUT2D eigenvalue weighted by atomic mass is 10.1. The predicted octanol–water partition coefficient (Wildman–Crippen LogP) is 2.56. The molecule has 2 aromatic rings. The fourth-order valence-electron chi connectivity index (χ4n) is 2.57. The van der Waals surface area contributed by atoms with E-state index in [-0.39, 0.29) is 17.3 Å². The zero-order valence-electron chi connectivity index (χ0n) is 17.6. The summed E-state index contributed by atoms with van der Waals surface area (Å²) in [6.45, 7) is 5.33. The molecule has 0 radical (unpaired) electrons. The number of hydrogen-bond acceptors (Lipinski definition) is 9. The number of esters is 1. The van der Waals surface area contributed by atoms with Crippen molar-refractivity contribution in [2.45, 2.75) is 26.4 Å². The Morgan fingerprint density at radius 2 is 1.87 bits per heavy atom. The lowest BCUT2D eigenvalue weighted by Crippen LogP contribution is -2.29. The van der Waals surface area contributed by atoms with Crippen LogP contribution in [0.25, 0.3) is 0 Å². The van der Waals surface area contributed by atoms with Crippen LogP contribution in [0.5, 0.6) is 11.8 Å². The molecule has 0 bridgehead atoms. The molecule has 0 fully saturated rings. The molecule has 0 saturated carbocycles. The van der Waals surface area contributed by atoms with Crippen LogP contribution >= 0.6 is 11.6 Å². The van der Waals surface area contributed by atoms with Crippen molar-refractivity contribution in [3.63, 3.8) is 0 Å². The predicted molar refractivity (Wildman–Crippen MR) is 112 cm³/mol. The van der Waals surface area contributed by atoms with Gasteiger partial charge in [0.2, 0.25) is 11.2 Å². The average Bonchev–Trinajstić information content (AvgIpc) is 2.74. The molecule has 30 heavy (non-hydrogen) atoms. The second kappa shape index (κ2) is 12.1. The zero-order chi connectivity index (χ0) is 21.9. The Bertz CT molecular complexity index is 806. The number of halogens is 1. The maximum Gasteiger partial charge on any atom is 0.335 e. The molecule has 0 saturated heterocycles. The fourth-order valence-corrected chi connectivity index (χ4v) is 2.71. The van der Waals surface area contributed by atoms with Crippen LogP contribution in [0.2, 0.25) is 5.28 Å². The Morgan fingerprint density at radius 3 is 2.50 bits per heavy atom. The van der Waals surface area contributed by atoms with Crippen molar-refractivity contribution in [3.8, 4) is 11.8 Å². The number of aromatic nitrogens is 3. The third-order valence-electron chi connectivity index (χ3n) is 4.06. The molecule has 0 amide bonds. The topological polar surface area (TPSA) is 95.9 Å². The molecule has 1 heterocycles. The third kappa shape index (κ3) is 7.31. The van der Waals surface area contributed by atoms with E-state index in [1.54, 1.807) is 11.8 Å². The molecular formula is C20H27ClN4O5. The highest BCUT2D eigenvalue weighted by Gasteiger charge is 2.20. The minimum absolute atomic E-state index is 0.0633. The molecule has 1 unspecified atom stereocenters. The molecule has 1 aromatic carbocycles. The highest BCUT2D eigenvalue weighted by Crippen LogP contribution is 2.16. The lowest BCUT2D eigenvalue weighted by molar-refractivity contribution is -0.156. The number of carbonyl (C=O) groups excluding carboxylic acids is 1. The van der Waals surface area contributed by atoms with Crippen LogP contribution < -0.4 is 14.4 Å². The number of ether oxygens (including phenoxy) is 4. The molecule has 0 aliphatic heterocycles. The number of likely N-dealkylation sites (N-methyl/N-ethyl adjacent to an activating group) is 1. The van der Waals surface area contributed by atoms with Gasteiger partial charge in [-0.15, -0.1) is 0 Å². The SMILES string of the molecule is CCOC(=O)C(Cc1ccc(OCCN(C)c2nc(Cl)nc(OC)n2)cc1)OCC. The van der Waals surface area contributed by atoms with E-state index >= 15 is 0 Å². The quantitative estimate of drug-likeness (QED) is 0.463. The van der Waals surface area contributed by atoms with Crippen LogP contribution in [0, 0.1) is 0 Å². The van der Waals surface area contributed by atoms with Gasteiger partial charge in [0.1, 0.15) is 12.4 Å². The smallest absolute Gasteiger partial charge is 0.335 e. The number of anilines is 1. The number of benzene rings is 1. The van der Waals surface area contributed by atoms with Gasteiger partial charge in [0.05, 0.1) is 20.3 Å². The van der Waals surface area contributed by atoms with Gasteiger partial charge in [0, 0.05) is 20.1 Å². The van der Waals surface area contributed by atoms with E-state index in [2.05, 4.69) is 15.0 Å². The summed E-state index contributed by atoms with van der Waals surface area (Å²) in [5, 5.41) is 0.0633. The molecule has 164 valence electrons. The average molecular weight is 439 g/mol. The number of hydrogen-bond donors (Lipinski definition) is 0. The summed E-state index contributed by atoms with van der Waals surface area (Å²) < 4.78 is 21.3. The number of nitrogens with zero attached hydrogens (tertiary/aromatic N) is 4. The maximum atomic E-state index is 12.0. The van der Waals surface area contributed by atoms with Crippen LogP contribution in [-0.2, 0) is 20.7 Å². The Labute approximate surface area is 181 Å². The fraction of sp³-hybridized carbons (Fsp3) is 0.500. The summed E-state index contributed by atoms with van der Waals surface area (Å²) in [6.07, 6.45) is -0.169. The Kier molecular flexibility index (Phi) is 9.56. The van der Waals surface area contributed by atoms with Gasteiger partial charge in [0.25, 0.3) is 0 Å². The van der Waals surface area contributed by atoms with Gasteiger partial charge < -0.3 is 23.8 Å². The van der Waals surface area contributed by atoms with Crippen molar-refractivity contribution in [1.82, 2.24) is 15.0 Å². The number of rotatable bonds is 12. The standard InChI is InChI=1S/C20H27ClN4O5/c1-5-28-16(17(26)29-6-2)13-14-7-9-15(10-8-14)30-12-11-25(3)19-22-18(21)23-20(24-19)27-4/h7-10,16H,5-6,11-13H2,1-4H3. The molecule has 10 heteroatoms. The molecule has 0 spiro atoms. The van der Waals surface area contributed by atoms with Crippen LogP contribution in [0.15, 0.2) is 24.3 Å². The summed E-state index contributed by atoms with van der Waals surface area (Å²) >= 11 is 5.87. The molecule has 0 N–H and O–H groups in total. The van der Waals surface area contributed by atoms with Crippen molar-refractivity contribution in [2.24, 2.45) is 0 Å². The van der Waals surface area contributed by atoms with E-state index in [1.165, 1.54) is 7.11 Å². The summed E-state index contributed by atoms with van der Waals surface area (Å²) in [4.78, 5) is 25.8. The molecule has 1 atom stereocenters. The van der Waals surface area contributed by atoms with E-state index in [9.17, 15) is 4.79 Å². The van der Waals surface area contributed by atoms with E-state index in [0.717, 1.165) is 5.56 Å². The first-order valence-electron chi connectivity index (χ1n) is 9.63. The largest absolute Gasteiger partial charge is 0.492 e. The van der Waals surface area contributed by atoms with Crippen LogP contribution in [-0.4, -0.2) is 67.5 Å². The Balaban J connectivity index is 1.87. The molecule has 0 aliphatic carbocycles. The van der Waals surface area contributed by atoms with E-state index < -0.39 is 6.10 Å². The molecule has 0 aliphatic rings. The van der Waals surface area contributed by atoms with Gasteiger partial charge in [0.15, 0.2) is 6.10 Å². The number of methoxy groups -OCH3 is 1. The lowest BCUT2D eigenvalue weighted by Gasteiger charge is -2.18. The monoisotopic (exact) mass is 438 g/mol. The van der Waals surface area contributed by atoms with E-state index in [4.69, 9.17) is 30.5 Å². The first kappa shape index (κ1) is 23.6. The minimum Gasteiger partial charge on any atom is -0.492 e. The Hall–Kier alpha value is -2.65. The van der Waals surface area contributed by atoms with E-state index in [0.29, 0.717) is 44.5 Å². The summed E-state index contributed by atoms with van der Waals surface area (Å²) in [7, 11) is 3.28. The highest BCUT2D eigenvalue weighted by molar-refractivity contribution is 6.28. The molecular weight excluding hydrogens is 412 g/mol. The minimum atomic E-state index is -0.612. The van der Waals surface area contributed by atoms with Crippen LogP contribution in [0.1, 0.15) is 19.4 Å². The maximum absolute atomic E-state index is 12.0. The zero-order valence-corrected chi connectivity index (χ0v) is 18.4. The highest BCUT2D eigenvalue weighted by atomic mass is 35.5. The van der Waals surface area contributed by atoms with Crippen LogP contribution in [0.3, 0.4) is 0 Å².